The van der Waals surface area contributed by atoms with Crippen molar-refractivity contribution in [2.75, 3.05) is 20.2 Å². The fraction of sp³-hybridized carbons (Fsp3) is 0.375. The van der Waals surface area contributed by atoms with Crippen molar-refractivity contribution in [2.24, 2.45) is 5.92 Å². The van der Waals surface area contributed by atoms with Crippen molar-refractivity contribution in [1.82, 2.24) is 10.2 Å². The molecule has 0 saturated carbocycles. The van der Waals surface area contributed by atoms with E-state index in [1.54, 1.807) is 24.3 Å². The number of esters is 1. The van der Waals surface area contributed by atoms with E-state index in [2.05, 4.69) is 22.2 Å². The van der Waals surface area contributed by atoms with Gasteiger partial charge in [0, 0.05) is 26.1 Å². The van der Waals surface area contributed by atoms with E-state index in [1.807, 2.05) is 23.1 Å². The van der Waals surface area contributed by atoms with Gasteiger partial charge in [-0.1, -0.05) is 42.5 Å². The maximum Gasteiger partial charge on any atom is 0.337 e. The molecule has 2 aromatic carbocycles. The van der Waals surface area contributed by atoms with Crippen LogP contribution >= 0.6 is 0 Å². The number of hydrogen-bond acceptors (Lipinski definition) is 4. The number of benzene rings is 2. The SMILES string of the molecule is COC(=O)c1ccc(CNC(=O)[C@@H]2CCC(=O)N(CCCc3ccccc3)C2)cc1. The summed E-state index contributed by atoms with van der Waals surface area (Å²) in [7, 11) is 1.34. The summed E-state index contributed by atoms with van der Waals surface area (Å²) in [6, 6.07) is 17.2. The molecule has 1 saturated heterocycles. The Morgan fingerprint density at radius 1 is 1.07 bits per heavy atom. The topological polar surface area (TPSA) is 75.7 Å². The highest BCUT2D eigenvalue weighted by Gasteiger charge is 2.29. The van der Waals surface area contributed by atoms with Crippen LogP contribution in [0, 0.1) is 5.92 Å². The first-order valence-corrected chi connectivity index (χ1v) is 10.3. The lowest BCUT2D eigenvalue weighted by atomic mass is 9.96. The van der Waals surface area contributed by atoms with Gasteiger partial charge in [0.05, 0.1) is 18.6 Å². The highest BCUT2D eigenvalue weighted by molar-refractivity contribution is 5.89. The second-order valence-electron chi connectivity index (χ2n) is 7.57. The van der Waals surface area contributed by atoms with Gasteiger partial charge < -0.3 is 15.0 Å². The number of ether oxygens (including phenoxy) is 1. The van der Waals surface area contributed by atoms with Gasteiger partial charge in [-0.05, 0) is 42.5 Å². The number of nitrogens with zero attached hydrogens (tertiary/aromatic N) is 1. The summed E-state index contributed by atoms with van der Waals surface area (Å²) in [5.74, 6) is -0.475. The third-order valence-electron chi connectivity index (χ3n) is 5.45. The Bertz CT molecular complexity index is 865. The molecule has 1 aliphatic heterocycles. The van der Waals surface area contributed by atoms with Crippen LogP contribution in [-0.4, -0.2) is 42.9 Å². The van der Waals surface area contributed by atoms with Gasteiger partial charge in [0.25, 0.3) is 0 Å². The number of amides is 2. The van der Waals surface area contributed by atoms with Crippen molar-refractivity contribution < 1.29 is 19.1 Å². The van der Waals surface area contributed by atoms with Gasteiger partial charge in [-0.15, -0.1) is 0 Å². The molecule has 1 N–H and O–H groups in total. The summed E-state index contributed by atoms with van der Waals surface area (Å²) in [5.41, 5.74) is 2.64. The minimum absolute atomic E-state index is 0.0346. The van der Waals surface area contributed by atoms with E-state index in [1.165, 1.54) is 12.7 Å². The number of carbonyl (C=O) groups excluding carboxylic acids is 3. The van der Waals surface area contributed by atoms with Crippen molar-refractivity contribution in [3.05, 3.63) is 71.3 Å². The predicted octanol–water partition coefficient (Wildman–Crippen LogP) is 2.96. The van der Waals surface area contributed by atoms with Crippen LogP contribution in [0.3, 0.4) is 0 Å². The first-order chi connectivity index (χ1) is 14.6. The van der Waals surface area contributed by atoms with Crippen LogP contribution in [-0.2, 0) is 27.3 Å². The number of rotatable bonds is 8. The van der Waals surface area contributed by atoms with Gasteiger partial charge in [0.15, 0.2) is 0 Å². The van der Waals surface area contributed by atoms with Gasteiger partial charge in [0.1, 0.15) is 0 Å². The van der Waals surface area contributed by atoms with E-state index in [9.17, 15) is 14.4 Å². The molecule has 6 heteroatoms. The molecule has 30 heavy (non-hydrogen) atoms. The quantitative estimate of drug-likeness (QED) is 0.682. The molecule has 0 aromatic heterocycles. The fourth-order valence-electron chi connectivity index (χ4n) is 3.67. The molecule has 6 nitrogen and oxygen atoms in total. The number of hydrogen-bond donors (Lipinski definition) is 1. The molecule has 0 radical (unpaired) electrons. The maximum absolute atomic E-state index is 12.6. The van der Waals surface area contributed by atoms with E-state index < -0.39 is 0 Å². The van der Waals surface area contributed by atoms with Crippen molar-refractivity contribution in [1.29, 1.82) is 0 Å². The lowest BCUT2D eigenvalue weighted by molar-refractivity contribution is -0.138. The summed E-state index contributed by atoms with van der Waals surface area (Å²) in [5, 5.41) is 2.96. The second kappa shape index (κ2) is 10.6. The fourth-order valence-corrected chi connectivity index (χ4v) is 3.67. The molecule has 0 aliphatic carbocycles. The van der Waals surface area contributed by atoms with Crippen LogP contribution in [0.2, 0.25) is 0 Å². The van der Waals surface area contributed by atoms with Crippen LogP contribution in [0.25, 0.3) is 0 Å². The van der Waals surface area contributed by atoms with Gasteiger partial charge in [-0.3, -0.25) is 9.59 Å². The van der Waals surface area contributed by atoms with Crippen LogP contribution in [0.5, 0.6) is 0 Å². The Labute approximate surface area is 177 Å². The molecule has 0 spiro atoms. The summed E-state index contributed by atoms with van der Waals surface area (Å²) in [4.78, 5) is 38.2. The average molecular weight is 408 g/mol. The number of nitrogens with one attached hydrogen (secondary N) is 1. The molecular formula is C24H28N2O4. The third kappa shape index (κ3) is 5.92. The monoisotopic (exact) mass is 408 g/mol. The Balaban J connectivity index is 1.46. The number of piperidine rings is 1. The molecule has 1 heterocycles. The van der Waals surface area contributed by atoms with E-state index in [0.717, 1.165) is 18.4 Å². The zero-order chi connectivity index (χ0) is 21.3. The number of methoxy groups -OCH3 is 1. The largest absolute Gasteiger partial charge is 0.465 e. The van der Waals surface area contributed by atoms with E-state index in [4.69, 9.17) is 0 Å². The van der Waals surface area contributed by atoms with Crippen LogP contribution in [0.15, 0.2) is 54.6 Å². The molecule has 2 amide bonds. The van der Waals surface area contributed by atoms with Gasteiger partial charge in [-0.25, -0.2) is 4.79 Å². The van der Waals surface area contributed by atoms with Crippen molar-refractivity contribution in [2.45, 2.75) is 32.2 Å². The summed E-state index contributed by atoms with van der Waals surface area (Å²) in [6.07, 6.45) is 2.80. The summed E-state index contributed by atoms with van der Waals surface area (Å²) in [6.45, 7) is 1.53. The first kappa shape index (κ1) is 21.6. The molecule has 0 bridgehead atoms. The minimum Gasteiger partial charge on any atom is -0.465 e. The highest BCUT2D eigenvalue weighted by atomic mass is 16.5. The van der Waals surface area contributed by atoms with Crippen LogP contribution < -0.4 is 5.32 Å². The second-order valence-corrected chi connectivity index (χ2v) is 7.57. The lowest BCUT2D eigenvalue weighted by Crippen LogP contribution is -2.46. The van der Waals surface area contributed by atoms with E-state index in [-0.39, 0.29) is 23.7 Å². The Hall–Kier alpha value is -3.15. The first-order valence-electron chi connectivity index (χ1n) is 10.3. The zero-order valence-electron chi connectivity index (χ0n) is 17.3. The van der Waals surface area contributed by atoms with Gasteiger partial charge in [-0.2, -0.15) is 0 Å². The van der Waals surface area contributed by atoms with Crippen LogP contribution in [0.1, 0.15) is 40.7 Å². The average Bonchev–Trinajstić information content (AvgIpc) is 2.79. The number of carbonyl (C=O) groups is 3. The third-order valence-corrected chi connectivity index (χ3v) is 5.45. The molecule has 1 aliphatic rings. The Kier molecular flexibility index (Phi) is 7.60. The maximum atomic E-state index is 12.6. The van der Waals surface area contributed by atoms with Crippen LogP contribution in [0.4, 0.5) is 0 Å². The summed E-state index contributed by atoms with van der Waals surface area (Å²) < 4.78 is 4.68. The van der Waals surface area contributed by atoms with Gasteiger partial charge >= 0.3 is 5.97 Å². The van der Waals surface area contributed by atoms with Crippen molar-refractivity contribution in [3.63, 3.8) is 0 Å². The standard InChI is InChI=1S/C24H28N2O4/c1-30-24(29)20-11-9-19(10-12-20)16-25-23(28)21-13-14-22(27)26(17-21)15-5-8-18-6-3-2-4-7-18/h2-4,6-7,9-12,21H,5,8,13-17H2,1H3,(H,25,28)/t21-/m1/s1. The number of aryl methyl sites for hydroxylation is 1. The molecule has 2 aromatic rings. The minimum atomic E-state index is -0.384. The molecule has 3 rings (SSSR count). The smallest absolute Gasteiger partial charge is 0.337 e. The lowest BCUT2D eigenvalue weighted by Gasteiger charge is -2.32. The Morgan fingerprint density at radius 2 is 1.80 bits per heavy atom. The normalized spacial score (nSPS) is 16.2. The predicted molar refractivity (Wildman–Crippen MR) is 114 cm³/mol. The van der Waals surface area contributed by atoms with Gasteiger partial charge in [0.2, 0.25) is 11.8 Å². The molecule has 158 valence electrons. The number of likely N-dealkylation sites (tertiary alicyclic amines) is 1. The van der Waals surface area contributed by atoms with Crippen molar-refractivity contribution >= 4 is 17.8 Å². The molecule has 1 fully saturated rings. The van der Waals surface area contributed by atoms with E-state index >= 15 is 0 Å². The highest BCUT2D eigenvalue weighted by Crippen LogP contribution is 2.19. The Morgan fingerprint density at radius 3 is 2.50 bits per heavy atom. The molecule has 1 atom stereocenters. The zero-order valence-corrected chi connectivity index (χ0v) is 17.3. The van der Waals surface area contributed by atoms with E-state index in [0.29, 0.717) is 38.0 Å². The molecular weight excluding hydrogens is 380 g/mol. The molecule has 0 unspecified atom stereocenters. The summed E-state index contributed by atoms with van der Waals surface area (Å²) >= 11 is 0. The van der Waals surface area contributed by atoms with Crippen molar-refractivity contribution in [3.8, 4) is 0 Å².